The first-order valence-electron chi connectivity index (χ1n) is 7.36. The van der Waals surface area contributed by atoms with Crippen molar-refractivity contribution >= 4 is 27.4 Å². The van der Waals surface area contributed by atoms with Crippen molar-refractivity contribution in [2.75, 3.05) is 26.0 Å². The maximum absolute atomic E-state index is 4.68. The molecule has 1 fully saturated rings. The summed E-state index contributed by atoms with van der Waals surface area (Å²) in [6, 6.07) is 2.08. The number of hydrogen-bond donors (Lipinski definition) is 1. The molecule has 5 heteroatoms. The highest BCUT2D eigenvalue weighted by atomic mass is 32.1. The Morgan fingerprint density at radius 3 is 2.90 bits per heavy atom. The summed E-state index contributed by atoms with van der Waals surface area (Å²) in [6.07, 6.45) is 5.58. The molecule has 0 bridgehead atoms. The minimum Gasteiger partial charge on any atom is -0.372 e. The van der Waals surface area contributed by atoms with E-state index in [4.69, 9.17) is 0 Å². The molecule has 2 heterocycles. The van der Waals surface area contributed by atoms with E-state index in [1.807, 2.05) is 7.05 Å². The van der Waals surface area contributed by atoms with Crippen molar-refractivity contribution < 1.29 is 0 Å². The number of anilines is 1. The van der Waals surface area contributed by atoms with Gasteiger partial charge in [-0.15, -0.1) is 11.3 Å². The topological polar surface area (TPSA) is 41.1 Å². The number of nitrogens with zero attached hydrogens (tertiary/aromatic N) is 3. The smallest absolute Gasteiger partial charge is 0.146 e. The predicted octanol–water partition coefficient (Wildman–Crippen LogP) is 3.36. The molecule has 1 aliphatic carbocycles. The van der Waals surface area contributed by atoms with Crippen molar-refractivity contribution in [1.29, 1.82) is 0 Å². The molecule has 3 rings (SSSR count). The molecule has 1 N–H and O–H groups in total. The van der Waals surface area contributed by atoms with E-state index in [1.165, 1.54) is 32.2 Å². The van der Waals surface area contributed by atoms with Gasteiger partial charge in [0, 0.05) is 13.6 Å². The molecule has 2 aromatic heterocycles. The van der Waals surface area contributed by atoms with E-state index in [0.29, 0.717) is 0 Å². The quantitative estimate of drug-likeness (QED) is 0.917. The molecule has 20 heavy (non-hydrogen) atoms. The van der Waals surface area contributed by atoms with Gasteiger partial charge < -0.3 is 5.32 Å². The Kier molecular flexibility index (Phi) is 4.17. The Hall–Kier alpha value is -1.20. The van der Waals surface area contributed by atoms with Crippen LogP contribution in [0.1, 0.15) is 31.5 Å². The summed E-state index contributed by atoms with van der Waals surface area (Å²) < 4.78 is 0. The summed E-state index contributed by atoms with van der Waals surface area (Å²) in [5.41, 5.74) is 0. The van der Waals surface area contributed by atoms with Crippen LogP contribution in [0.4, 0.5) is 5.82 Å². The van der Waals surface area contributed by atoms with Gasteiger partial charge in [-0.3, -0.25) is 4.90 Å². The van der Waals surface area contributed by atoms with Gasteiger partial charge in [-0.25, -0.2) is 9.97 Å². The van der Waals surface area contributed by atoms with Crippen LogP contribution >= 0.6 is 11.3 Å². The zero-order chi connectivity index (χ0) is 13.9. The van der Waals surface area contributed by atoms with E-state index in [9.17, 15) is 0 Å². The summed E-state index contributed by atoms with van der Waals surface area (Å²) >= 11 is 1.68. The maximum atomic E-state index is 4.68. The standard InChI is InChI=1S/C15H22N4S/c1-16-14-12-7-8-20-15(12)18-13(17-14)10-19(2)9-11-5-3-4-6-11/h7-8,11H,3-6,9-10H2,1-2H3,(H,16,17,18). The maximum Gasteiger partial charge on any atom is 0.146 e. The highest BCUT2D eigenvalue weighted by Gasteiger charge is 2.17. The van der Waals surface area contributed by atoms with Crippen molar-refractivity contribution in [2.45, 2.75) is 32.2 Å². The minimum absolute atomic E-state index is 0.832. The molecule has 4 nitrogen and oxygen atoms in total. The first kappa shape index (κ1) is 13.8. The molecule has 108 valence electrons. The molecular formula is C15H22N4S. The van der Waals surface area contributed by atoms with Crippen LogP contribution in [-0.4, -0.2) is 35.5 Å². The Labute approximate surface area is 124 Å². The number of nitrogens with one attached hydrogen (secondary N) is 1. The molecule has 0 aliphatic heterocycles. The summed E-state index contributed by atoms with van der Waals surface area (Å²) in [4.78, 5) is 12.8. The van der Waals surface area contributed by atoms with Crippen LogP contribution in [0.2, 0.25) is 0 Å². The fraction of sp³-hybridized carbons (Fsp3) is 0.600. The lowest BCUT2D eigenvalue weighted by molar-refractivity contribution is 0.266. The molecule has 0 atom stereocenters. The number of hydrogen-bond acceptors (Lipinski definition) is 5. The van der Waals surface area contributed by atoms with Crippen LogP contribution in [0.5, 0.6) is 0 Å². The number of fused-ring (bicyclic) bond motifs is 1. The van der Waals surface area contributed by atoms with Gasteiger partial charge in [-0.05, 0) is 37.3 Å². The van der Waals surface area contributed by atoms with Gasteiger partial charge in [0.15, 0.2) is 0 Å². The highest BCUT2D eigenvalue weighted by Crippen LogP contribution is 2.27. The van der Waals surface area contributed by atoms with E-state index >= 15 is 0 Å². The van der Waals surface area contributed by atoms with E-state index < -0.39 is 0 Å². The second-order valence-corrected chi connectivity index (χ2v) is 6.62. The molecule has 0 spiro atoms. The average Bonchev–Trinajstić information content (AvgIpc) is 3.08. The summed E-state index contributed by atoms with van der Waals surface area (Å²) in [6.45, 7) is 2.00. The summed E-state index contributed by atoms with van der Waals surface area (Å²) in [7, 11) is 4.10. The molecule has 1 aliphatic rings. The van der Waals surface area contributed by atoms with Crippen molar-refractivity contribution in [3.05, 3.63) is 17.3 Å². The third-order valence-corrected chi connectivity index (χ3v) is 4.87. The third-order valence-electron chi connectivity index (χ3n) is 4.06. The van der Waals surface area contributed by atoms with Crippen molar-refractivity contribution in [2.24, 2.45) is 5.92 Å². The van der Waals surface area contributed by atoms with Crippen LogP contribution in [0.3, 0.4) is 0 Å². The van der Waals surface area contributed by atoms with E-state index in [2.05, 4.69) is 38.7 Å². The molecule has 0 saturated heterocycles. The van der Waals surface area contributed by atoms with Gasteiger partial charge in [0.05, 0.1) is 11.9 Å². The average molecular weight is 290 g/mol. The summed E-state index contributed by atoms with van der Waals surface area (Å²) in [5, 5.41) is 6.38. The Bertz CT molecular complexity index is 574. The lowest BCUT2D eigenvalue weighted by atomic mass is 10.1. The van der Waals surface area contributed by atoms with Crippen molar-refractivity contribution in [3.8, 4) is 0 Å². The fourth-order valence-corrected chi connectivity index (χ4v) is 3.88. The second-order valence-electron chi connectivity index (χ2n) is 5.73. The number of thiophene rings is 1. The predicted molar refractivity (Wildman–Crippen MR) is 85.3 cm³/mol. The SMILES string of the molecule is CNc1nc(CN(C)CC2CCCC2)nc2sccc12. The van der Waals surface area contributed by atoms with Gasteiger partial charge in [-0.2, -0.15) is 0 Å². The van der Waals surface area contributed by atoms with E-state index in [-0.39, 0.29) is 0 Å². The van der Waals surface area contributed by atoms with Crippen molar-refractivity contribution in [1.82, 2.24) is 14.9 Å². The summed E-state index contributed by atoms with van der Waals surface area (Å²) in [5.74, 6) is 2.74. The van der Waals surface area contributed by atoms with Gasteiger partial charge in [0.25, 0.3) is 0 Å². The fourth-order valence-electron chi connectivity index (χ4n) is 3.10. The highest BCUT2D eigenvalue weighted by molar-refractivity contribution is 7.16. The van der Waals surface area contributed by atoms with Crippen LogP contribution in [-0.2, 0) is 6.54 Å². The Morgan fingerprint density at radius 1 is 1.35 bits per heavy atom. The Morgan fingerprint density at radius 2 is 2.15 bits per heavy atom. The number of rotatable bonds is 5. The number of aromatic nitrogens is 2. The molecule has 0 unspecified atom stereocenters. The lowest BCUT2D eigenvalue weighted by Gasteiger charge is -2.20. The molecule has 0 aromatic carbocycles. The molecule has 1 saturated carbocycles. The van der Waals surface area contributed by atoms with Crippen LogP contribution in [0, 0.1) is 5.92 Å². The van der Waals surface area contributed by atoms with Gasteiger partial charge in [0.1, 0.15) is 16.5 Å². The zero-order valence-electron chi connectivity index (χ0n) is 12.2. The van der Waals surface area contributed by atoms with Crippen LogP contribution in [0.15, 0.2) is 11.4 Å². The molecular weight excluding hydrogens is 268 g/mol. The Balaban J connectivity index is 1.72. The molecule has 0 radical (unpaired) electrons. The second kappa shape index (κ2) is 6.06. The largest absolute Gasteiger partial charge is 0.372 e. The molecule has 2 aromatic rings. The van der Waals surface area contributed by atoms with Gasteiger partial charge >= 0.3 is 0 Å². The first-order chi connectivity index (χ1) is 9.76. The normalized spacial score (nSPS) is 16.4. The molecule has 0 amide bonds. The van der Waals surface area contributed by atoms with Crippen molar-refractivity contribution in [3.63, 3.8) is 0 Å². The van der Waals surface area contributed by atoms with E-state index in [1.54, 1.807) is 11.3 Å². The van der Waals surface area contributed by atoms with Gasteiger partial charge in [0.2, 0.25) is 0 Å². The van der Waals surface area contributed by atoms with Gasteiger partial charge in [-0.1, -0.05) is 12.8 Å². The zero-order valence-corrected chi connectivity index (χ0v) is 13.0. The third kappa shape index (κ3) is 2.94. The minimum atomic E-state index is 0.832. The van der Waals surface area contributed by atoms with E-state index in [0.717, 1.165) is 34.3 Å². The van der Waals surface area contributed by atoms with Crippen LogP contribution in [0.25, 0.3) is 10.2 Å². The monoisotopic (exact) mass is 290 g/mol. The first-order valence-corrected chi connectivity index (χ1v) is 8.24. The lowest BCUT2D eigenvalue weighted by Crippen LogP contribution is -2.25. The van der Waals surface area contributed by atoms with Crippen LogP contribution < -0.4 is 5.32 Å².